The van der Waals surface area contributed by atoms with Gasteiger partial charge in [0.2, 0.25) is 0 Å². The second-order valence-corrected chi connectivity index (χ2v) is 2.48. The third-order valence-electron chi connectivity index (χ3n) is 1.44. The lowest BCUT2D eigenvalue weighted by atomic mass is 10.0. The van der Waals surface area contributed by atoms with Crippen LogP contribution < -0.4 is 5.73 Å². The SMILES string of the molecule is C[C@@H](N)[C@H](O)[C@@H](C)C(=O)O. The van der Waals surface area contributed by atoms with E-state index in [9.17, 15) is 4.79 Å². The second-order valence-electron chi connectivity index (χ2n) is 2.48. The predicted molar refractivity (Wildman–Crippen MR) is 36.5 cm³/mol. The summed E-state index contributed by atoms with van der Waals surface area (Å²) in [5, 5.41) is 17.4. The monoisotopic (exact) mass is 147 g/mol. The molecule has 0 spiro atoms. The van der Waals surface area contributed by atoms with Crippen LogP contribution in [-0.2, 0) is 4.79 Å². The number of aliphatic hydroxyl groups excluding tert-OH is 1. The number of rotatable bonds is 3. The molecule has 0 fully saturated rings. The topological polar surface area (TPSA) is 83.5 Å². The minimum atomic E-state index is -1.02. The Labute approximate surface area is 59.7 Å². The first kappa shape index (κ1) is 9.39. The second kappa shape index (κ2) is 3.53. The van der Waals surface area contributed by atoms with Crippen LogP contribution in [0.5, 0.6) is 0 Å². The fourth-order valence-electron chi connectivity index (χ4n) is 0.601. The van der Waals surface area contributed by atoms with Crippen molar-refractivity contribution in [1.82, 2.24) is 0 Å². The summed E-state index contributed by atoms with van der Waals surface area (Å²) in [6, 6.07) is -0.494. The lowest BCUT2D eigenvalue weighted by Gasteiger charge is -2.17. The van der Waals surface area contributed by atoms with Crippen molar-refractivity contribution in [2.24, 2.45) is 11.7 Å². The van der Waals surface area contributed by atoms with Gasteiger partial charge >= 0.3 is 5.97 Å². The molecule has 0 aromatic heterocycles. The van der Waals surface area contributed by atoms with Gasteiger partial charge in [-0.2, -0.15) is 0 Å². The van der Waals surface area contributed by atoms with Crippen LogP contribution in [0.15, 0.2) is 0 Å². The summed E-state index contributed by atoms with van der Waals surface area (Å²) in [6.45, 7) is 3.00. The van der Waals surface area contributed by atoms with Crippen LogP contribution in [0.3, 0.4) is 0 Å². The molecule has 0 radical (unpaired) electrons. The van der Waals surface area contributed by atoms with Crippen molar-refractivity contribution in [3.63, 3.8) is 0 Å². The van der Waals surface area contributed by atoms with E-state index in [1.807, 2.05) is 0 Å². The van der Waals surface area contributed by atoms with Crippen molar-refractivity contribution in [2.75, 3.05) is 0 Å². The summed E-state index contributed by atoms with van der Waals surface area (Å²) in [7, 11) is 0. The molecule has 0 saturated carbocycles. The van der Waals surface area contributed by atoms with E-state index < -0.39 is 24.0 Å². The largest absolute Gasteiger partial charge is 0.481 e. The standard InChI is InChI=1S/C6H13NO3/c1-3(6(9)10)5(8)4(2)7/h3-5,8H,7H2,1-2H3,(H,9,10)/t3-,4-,5-/m1/s1. The summed E-state index contributed by atoms with van der Waals surface area (Å²) < 4.78 is 0. The molecule has 0 aromatic carbocycles. The zero-order valence-corrected chi connectivity index (χ0v) is 6.11. The maximum absolute atomic E-state index is 10.2. The molecule has 0 bridgehead atoms. The van der Waals surface area contributed by atoms with Gasteiger partial charge in [-0.25, -0.2) is 0 Å². The number of hydrogen-bond acceptors (Lipinski definition) is 3. The predicted octanol–water partition coefficient (Wildman–Crippen LogP) is -0.585. The number of hydrogen-bond donors (Lipinski definition) is 3. The molecule has 4 nitrogen and oxygen atoms in total. The Morgan fingerprint density at radius 3 is 2.00 bits per heavy atom. The fourth-order valence-corrected chi connectivity index (χ4v) is 0.601. The highest BCUT2D eigenvalue weighted by molar-refractivity contribution is 5.70. The highest BCUT2D eigenvalue weighted by Crippen LogP contribution is 2.05. The van der Waals surface area contributed by atoms with Gasteiger partial charge in [0.05, 0.1) is 12.0 Å². The molecule has 0 amide bonds. The van der Waals surface area contributed by atoms with Crippen molar-refractivity contribution >= 4 is 5.97 Å². The number of carboxylic acid groups (broad SMARTS) is 1. The van der Waals surface area contributed by atoms with Gasteiger partial charge in [0.15, 0.2) is 0 Å². The third-order valence-corrected chi connectivity index (χ3v) is 1.44. The molecule has 0 aromatic rings. The minimum absolute atomic E-state index is 0.494. The van der Waals surface area contributed by atoms with Gasteiger partial charge in [-0.05, 0) is 13.8 Å². The molecule has 0 heterocycles. The Hall–Kier alpha value is -0.610. The van der Waals surface area contributed by atoms with Gasteiger partial charge < -0.3 is 15.9 Å². The first-order chi connectivity index (χ1) is 4.46. The van der Waals surface area contributed by atoms with Gasteiger partial charge in [0.25, 0.3) is 0 Å². The molecule has 60 valence electrons. The quantitative estimate of drug-likeness (QED) is 0.498. The molecule has 4 N–H and O–H groups in total. The summed E-state index contributed by atoms with van der Waals surface area (Å²) in [6.07, 6.45) is -0.961. The zero-order chi connectivity index (χ0) is 8.31. The number of nitrogens with two attached hydrogens (primary N) is 1. The average Bonchev–Trinajstić information content (AvgIpc) is 1.84. The van der Waals surface area contributed by atoms with E-state index in [0.717, 1.165) is 0 Å². The molecule has 4 heteroatoms. The summed E-state index contributed by atoms with van der Waals surface area (Å²) in [4.78, 5) is 10.2. The van der Waals surface area contributed by atoms with Crippen LogP contribution in [-0.4, -0.2) is 28.3 Å². The highest BCUT2D eigenvalue weighted by atomic mass is 16.4. The van der Waals surface area contributed by atoms with Crippen LogP contribution in [0.25, 0.3) is 0 Å². The summed E-state index contributed by atoms with van der Waals surface area (Å²) in [5.74, 6) is -1.81. The molecule has 0 aliphatic heterocycles. The first-order valence-corrected chi connectivity index (χ1v) is 3.13. The molecule has 0 unspecified atom stereocenters. The Morgan fingerprint density at radius 2 is 1.90 bits per heavy atom. The fraction of sp³-hybridized carbons (Fsp3) is 0.833. The normalized spacial score (nSPS) is 19.6. The Morgan fingerprint density at radius 1 is 1.50 bits per heavy atom. The molecule has 0 aliphatic carbocycles. The van der Waals surface area contributed by atoms with Crippen LogP contribution in [0, 0.1) is 5.92 Å². The van der Waals surface area contributed by atoms with Crippen LogP contribution in [0.2, 0.25) is 0 Å². The van der Waals surface area contributed by atoms with Crippen LogP contribution >= 0.6 is 0 Å². The van der Waals surface area contributed by atoms with Crippen molar-refractivity contribution < 1.29 is 15.0 Å². The maximum Gasteiger partial charge on any atom is 0.308 e. The van der Waals surface area contributed by atoms with E-state index in [4.69, 9.17) is 15.9 Å². The number of carboxylic acids is 1. The van der Waals surface area contributed by atoms with E-state index in [0.29, 0.717) is 0 Å². The van der Waals surface area contributed by atoms with Crippen LogP contribution in [0.1, 0.15) is 13.8 Å². The summed E-state index contributed by atoms with van der Waals surface area (Å²) in [5.41, 5.74) is 5.26. The van der Waals surface area contributed by atoms with Gasteiger partial charge in [-0.3, -0.25) is 4.79 Å². The molecule has 0 saturated heterocycles. The number of aliphatic hydroxyl groups is 1. The lowest BCUT2D eigenvalue weighted by Crippen LogP contribution is -2.39. The van der Waals surface area contributed by atoms with E-state index in [-0.39, 0.29) is 0 Å². The Bertz CT molecular complexity index is 124. The van der Waals surface area contributed by atoms with Gasteiger partial charge in [-0.1, -0.05) is 0 Å². The van der Waals surface area contributed by atoms with Crippen molar-refractivity contribution in [3.8, 4) is 0 Å². The van der Waals surface area contributed by atoms with E-state index in [2.05, 4.69) is 0 Å². The summed E-state index contributed by atoms with van der Waals surface area (Å²) >= 11 is 0. The average molecular weight is 147 g/mol. The molecule has 10 heavy (non-hydrogen) atoms. The lowest BCUT2D eigenvalue weighted by molar-refractivity contribution is -0.145. The molecule has 0 rings (SSSR count). The van der Waals surface area contributed by atoms with E-state index in [1.54, 1.807) is 6.92 Å². The molecule has 0 aliphatic rings. The minimum Gasteiger partial charge on any atom is -0.481 e. The Balaban J connectivity index is 3.94. The molecule has 3 atom stereocenters. The molecular weight excluding hydrogens is 134 g/mol. The van der Waals surface area contributed by atoms with Gasteiger partial charge in [-0.15, -0.1) is 0 Å². The maximum atomic E-state index is 10.2. The smallest absolute Gasteiger partial charge is 0.308 e. The van der Waals surface area contributed by atoms with Gasteiger partial charge in [0.1, 0.15) is 0 Å². The number of aliphatic carboxylic acids is 1. The molecular formula is C6H13NO3. The highest BCUT2D eigenvalue weighted by Gasteiger charge is 2.23. The zero-order valence-electron chi connectivity index (χ0n) is 6.11. The van der Waals surface area contributed by atoms with Crippen LogP contribution in [0.4, 0.5) is 0 Å². The van der Waals surface area contributed by atoms with Gasteiger partial charge in [0, 0.05) is 6.04 Å². The van der Waals surface area contributed by atoms with Crippen molar-refractivity contribution in [2.45, 2.75) is 26.0 Å². The van der Waals surface area contributed by atoms with E-state index in [1.165, 1.54) is 6.92 Å². The van der Waals surface area contributed by atoms with E-state index >= 15 is 0 Å². The third kappa shape index (κ3) is 2.33. The first-order valence-electron chi connectivity index (χ1n) is 3.13. The van der Waals surface area contributed by atoms with Crippen molar-refractivity contribution in [3.05, 3.63) is 0 Å². The Kier molecular flexibility index (Phi) is 3.32. The number of carbonyl (C=O) groups is 1. The van der Waals surface area contributed by atoms with Crippen molar-refractivity contribution in [1.29, 1.82) is 0 Å².